The highest BCUT2D eigenvalue weighted by Crippen LogP contribution is 2.11. The van der Waals surface area contributed by atoms with Crippen molar-refractivity contribution < 1.29 is 9.72 Å². The topological polar surface area (TPSA) is 60.2 Å². The lowest BCUT2D eigenvalue weighted by atomic mass is 10.0. The number of unbranched alkanes of at least 4 members (excludes halogenated alkanes) is 1. The van der Waals surface area contributed by atoms with E-state index in [4.69, 9.17) is 0 Å². The molecule has 0 amide bonds. The molecule has 0 aromatic carbocycles. The molecule has 0 heterocycles. The number of hydrogen-bond donors (Lipinski definition) is 0. The highest BCUT2D eigenvalue weighted by Gasteiger charge is 2.10. The van der Waals surface area contributed by atoms with Crippen LogP contribution in [0.5, 0.6) is 0 Å². The van der Waals surface area contributed by atoms with Crippen LogP contribution >= 0.6 is 0 Å². The summed E-state index contributed by atoms with van der Waals surface area (Å²) in [5, 5.41) is 10.2. The molecule has 96 valence electrons. The van der Waals surface area contributed by atoms with Crippen LogP contribution in [0.4, 0.5) is 0 Å². The normalized spacial score (nSPS) is 9.59. The predicted molar refractivity (Wildman–Crippen MR) is 67.5 cm³/mol. The molecule has 0 N–H and O–H groups in total. The third-order valence-corrected chi connectivity index (χ3v) is 2.26. The van der Waals surface area contributed by atoms with E-state index in [1.165, 1.54) is 0 Å². The summed E-state index contributed by atoms with van der Waals surface area (Å²) < 4.78 is 0. The smallest absolute Gasteiger partial charge is 0.204 e. The molecule has 0 bridgehead atoms. The van der Waals surface area contributed by atoms with Gasteiger partial charge in [-0.05, 0) is 32.3 Å². The van der Waals surface area contributed by atoms with E-state index in [2.05, 4.69) is 12.7 Å². The van der Waals surface area contributed by atoms with Crippen molar-refractivity contribution in [3.05, 3.63) is 27.0 Å². The van der Waals surface area contributed by atoms with Gasteiger partial charge in [0.2, 0.25) is 6.54 Å². The SMILES string of the molecule is CCCCC(=C=C(C)C)C(=O)CCC[N+](=O)[O-]. The van der Waals surface area contributed by atoms with Crippen LogP contribution in [0.2, 0.25) is 0 Å². The van der Waals surface area contributed by atoms with Gasteiger partial charge in [-0.1, -0.05) is 13.3 Å². The largest absolute Gasteiger partial charge is 0.294 e. The maximum absolute atomic E-state index is 11.8. The molecule has 0 saturated heterocycles. The Labute approximate surface area is 103 Å². The summed E-state index contributed by atoms with van der Waals surface area (Å²) in [7, 11) is 0. The van der Waals surface area contributed by atoms with Gasteiger partial charge < -0.3 is 0 Å². The van der Waals surface area contributed by atoms with Crippen molar-refractivity contribution in [1.82, 2.24) is 0 Å². The molecule has 0 aliphatic carbocycles. The Morgan fingerprint density at radius 3 is 2.35 bits per heavy atom. The number of Topliss-reactive ketones (excluding diaryl/α,β-unsaturated/α-hetero) is 1. The molecular formula is C13H21NO3. The second kappa shape index (κ2) is 8.71. The maximum atomic E-state index is 11.8. The summed E-state index contributed by atoms with van der Waals surface area (Å²) in [6.45, 7) is 5.73. The zero-order valence-corrected chi connectivity index (χ0v) is 10.9. The van der Waals surface area contributed by atoms with E-state index < -0.39 is 0 Å². The molecule has 0 atom stereocenters. The number of rotatable bonds is 8. The van der Waals surface area contributed by atoms with E-state index >= 15 is 0 Å². The average molecular weight is 239 g/mol. The first-order valence-corrected chi connectivity index (χ1v) is 6.05. The number of nitro groups is 1. The van der Waals surface area contributed by atoms with E-state index in [0.29, 0.717) is 12.0 Å². The zero-order chi connectivity index (χ0) is 13.3. The van der Waals surface area contributed by atoms with E-state index in [9.17, 15) is 14.9 Å². The standard InChI is InChI=1S/C13H21NO3/c1-4-5-7-12(10-11(2)3)13(15)8-6-9-14(16)17/h4-9H2,1-3H3. The van der Waals surface area contributed by atoms with Gasteiger partial charge in [-0.25, -0.2) is 0 Å². The van der Waals surface area contributed by atoms with Crippen LogP contribution < -0.4 is 0 Å². The Morgan fingerprint density at radius 1 is 1.24 bits per heavy atom. The fourth-order valence-corrected chi connectivity index (χ4v) is 1.45. The Hall–Kier alpha value is -1.41. The molecule has 0 rings (SSSR count). The number of carbonyl (C=O) groups is 1. The zero-order valence-electron chi connectivity index (χ0n) is 10.9. The Balaban J connectivity index is 4.45. The Bertz CT molecular complexity index is 335. The molecule has 0 spiro atoms. The van der Waals surface area contributed by atoms with E-state index in [-0.39, 0.29) is 23.7 Å². The molecule has 4 nitrogen and oxygen atoms in total. The fraction of sp³-hybridized carbons (Fsp3) is 0.692. The quantitative estimate of drug-likeness (QED) is 0.282. The van der Waals surface area contributed by atoms with Crippen LogP contribution in [0.15, 0.2) is 16.9 Å². The van der Waals surface area contributed by atoms with Gasteiger partial charge in [-0.3, -0.25) is 14.9 Å². The van der Waals surface area contributed by atoms with Crippen LogP contribution in [-0.4, -0.2) is 17.3 Å². The molecular weight excluding hydrogens is 218 g/mol. The van der Waals surface area contributed by atoms with Gasteiger partial charge in [0.15, 0.2) is 5.78 Å². The molecule has 0 unspecified atom stereocenters. The van der Waals surface area contributed by atoms with Gasteiger partial charge in [0.05, 0.1) is 0 Å². The third-order valence-electron chi connectivity index (χ3n) is 2.26. The first kappa shape index (κ1) is 15.6. The summed E-state index contributed by atoms with van der Waals surface area (Å²) >= 11 is 0. The summed E-state index contributed by atoms with van der Waals surface area (Å²) in [6.07, 6.45) is 3.26. The lowest BCUT2D eigenvalue weighted by molar-refractivity contribution is -0.480. The predicted octanol–water partition coefficient (Wildman–Crippen LogP) is 3.29. The van der Waals surface area contributed by atoms with Crippen molar-refractivity contribution in [2.45, 2.75) is 52.9 Å². The molecule has 17 heavy (non-hydrogen) atoms. The summed E-state index contributed by atoms with van der Waals surface area (Å²) in [4.78, 5) is 21.6. The van der Waals surface area contributed by atoms with E-state index in [1.807, 2.05) is 13.8 Å². The van der Waals surface area contributed by atoms with Crippen molar-refractivity contribution in [3.8, 4) is 0 Å². The number of hydrogen-bond acceptors (Lipinski definition) is 3. The van der Waals surface area contributed by atoms with Crippen molar-refractivity contribution in [1.29, 1.82) is 0 Å². The maximum Gasteiger partial charge on any atom is 0.204 e. The minimum absolute atomic E-state index is 0.00139. The minimum Gasteiger partial charge on any atom is -0.294 e. The number of nitrogens with zero attached hydrogens (tertiary/aromatic N) is 1. The summed E-state index contributed by atoms with van der Waals surface area (Å²) in [6, 6.07) is 0. The number of ketones is 1. The lowest BCUT2D eigenvalue weighted by Crippen LogP contribution is -2.07. The first-order valence-electron chi connectivity index (χ1n) is 6.05. The molecule has 0 fully saturated rings. The molecule has 0 aliphatic rings. The highest BCUT2D eigenvalue weighted by atomic mass is 16.6. The lowest BCUT2D eigenvalue weighted by Gasteiger charge is -2.02. The first-order chi connectivity index (χ1) is 7.97. The molecule has 0 aromatic rings. The molecule has 0 aliphatic heterocycles. The molecule has 0 saturated carbocycles. The number of allylic oxidation sites excluding steroid dienone is 1. The highest BCUT2D eigenvalue weighted by molar-refractivity contribution is 5.95. The second-order valence-electron chi connectivity index (χ2n) is 4.29. The van der Waals surface area contributed by atoms with Crippen LogP contribution in [0, 0.1) is 10.1 Å². The van der Waals surface area contributed by atoms with Crippen molar-refractivity contribution >= 4 is 5.78 Å². The summed E-state index contributed by atoms with van der Waals surface area (Å²) in [5.41, 5.74) is 4.73. The van der Waals surface area contributed by atoms with Crippen molar-refractivity contribution in [2.75, 3.05) is 6.54 Å². The molecule has 4 heteroatoms. The van der Waals surface area contributed by atoms with Gasteiger partial charge in [0, 0.05) is 23.3 Å². The van der Waals surface area contributed by atoms with E-state index in [0.717, 1.165) is 24.8 Å². The van der Waals surface area contributed by atoms with Crippen LogP contribution in [0.3, 0.4) is 0 Å². The molecule has 0 aromatic heterocycles. The Morgan fingerprint density at radius 2 is 1.88 bits per heavy atom. The van der Waals surface area contributed by atoms with Crippen LogP contribution in [-0.2, 0) is 4.79 Å². The molecule has 0 radical (unpaired) electrons. The van der Waals surface area contributed by atoms with Gasteiger partial charge >= 0.3 is 0 Å². The van der Waals surface area contributed by atoms with E-state index in [1.54, 1.807) is 0 Å². The Kier molecular flexibility index (Phi) is 7.99. The average Bonchev–Trinajstić information content (AvgIpc) is 2.22. The van der Waals surface area contributed by atoms with Gasteiger partial charge in [-0.2, -0.15) is 0 Å². The van der Waals surface area contributed by atoms with Crippen molar-refractivity contribution in [3.63, 3.8) is 0 Å². The van der Waals surface area contributed by atoms with Gasteiger partial charge in [-0.15, -0.1) is 5.73 Å². The van der Waals surface area contributed by atoms with Crippen LogP contribution in [0.1, 0.15) is 52.9 Å². The van der Waals surface area contributed by atoms with Crippen LogP contribution in [0.25, 0.3) is 0 Å². The minimum atomic E-state index is -0.385. The third kappa shape index (κ3) is 8.40. The van der Waals surface area contributed by atoms with Gasteiger partial charge in [0.1, 0.15) is 0 Å². The second-order valence-corrected chi connectivity index (χ2v) is 4.29. The fourth-order valence-electron chi connectivity index (χ4n) is 1.45. The monoisotopic (exact) mass is 239 g/mol. The van der Waals surface area contributed by atoms with Crippen molar-refractivity contribution in [2.24, 2.45) is 0 Å². The van der Waals surface area contributed by atoms with Gasteiger partial charge in [0.25, 0.3) is 0 Å². The summed E-state index contributed by atoms with van der Waals surface area (Å²) in [5.74, 6) is 0.00139. The number of carbonyl (C=O) groups excluding carboxylic acids is 1.